The van der Waals surface area contributed by atoms with Crippen LogP contribution >= 0.6 is 0 Å². The van der Waals surface area contributed by atoms with Crippen LogP contribution in [0.4, 0.5) is 0 Å². The van der Waals surface area contributed by atoms with E-state index in [2.05, 4.69) is 15.2 Å². The Balaban J connectivity index is 1.43. The number of nitrogens with one attached hydrogen (secondary N) is 1. The summed E-state index contributed by atoms with van der Waals surface area (Å²) in [6.07, 6.45) is 7.74. The van der Waals surface area contributed by atoms with Gasteiger partial charge < -0.3 is 19.7 Å². The van der Waals surface area contributed by atoms with E-state index in [1.54, 1.807) is 0 Å². The Hall–Kier alpha value is -0.810. The molecule has 1 N–H and O–H groups in total. The van der Waals surface area contributed by atoms with Crippen LogP contribution in [0.3, 0.4) is 0 Å². The third-order valence-electron chi connectivity index (χ3n) is 5.16. The fraction of sp³-hybridized carbons (Fsp3) is 0.941. The van der Waals surface area contributed by atoms with Crippen molar-refractivity contribution in [2.75, 3.05) is 53.1 Å². The number of piperidine rings is 1. The summed E-state index contributed by atoms with van der Waals surface area (Å²) < 4.78 is 11.5. The van der Waals surface area contributed by atoms with Gasteiger partial charge in [0.05, 0.1) is 13.2 Å². The topological polar surface area (TPSA) is 46.1 Å². The highest BCUT2D eigenvalue weighted by atomic mass is 16.5. The molecule has 1 spiro atoms. The molecule has 1 saturated carbocycles. The van der Waals surface area contributed by atoms with Crippen LogP contribution in [0.5, 0.6) is 0 Å². The van der Waals surface area contributed by atoms with Crippen LogP contribution in [0.1, 0.15) is 38.5 Å². The van der Waals surface area contributed by atoms with Crippen molar-refractivity contribution >= 4 is 5.96 Å². The van der Waals surface area contributed by atoms with E-state index in [4.69, 9.17) is 9.47 Å². The molecule has 2 aliphatic heterocycles. The van der Waals surface area contributed by atoms with Gasteiger partial charge in [0.1, 0.15) is 0 Å². The molecule has 0 bridgehead atoms. The molecule has 2 saturated heterocycles. The maximum absolute atomic E-state index is 5.76. The second-order valence-corrected chi connectivity index (χ2v) is 7.17. The van der Waals surface area contributed by atoms with Gasteiger partial charge in [-0.1, -0.05) is 0 Å². The number of rotatable bonds is 5. The van der Waals surface area contributed by atoms with Gasteiger partial charge >= 0.3 is 0 Å². The van der Waals surface area contributed by atoms with Gasteiger partial charge in [-0.15, -0.1) is 0 Å². The van der Waals surface area contributed by atoms with Gasteiger partial charge in [-0.05, 0) is 44.4 Å². The summed E-state index contributed by atoms with van der Waals surface area (Å²) in [6, 6.07) is 0. The average Bonchev–Trinajstić information content (AvgIpc) is 3.36. The van der Waals surface area contributed by atoms with Crippen LogP contribution in [-0.4, -0.2) is 64.0 Å². The van der Waals surface area contributed by atoms with Crippen molar-refractivity contribution in [2.45, 2.75) is 38.5 Å². The van der Waals surface area contributed by atoms with Gasteiger partial charge in [-0.25, -0.2) is 0 Å². The summed E-state index contributed by atoms with van der Waals surface area (Å²) >= 11 is 0. The Morgan fingerprint density at radius 1 is 1.36 bits per heavy atom. The van der Waals surface area contributed by atoms with E-state index in [0.717, 1.165) is 57.9 Å². The molecule has 0 radical (unpaired) electrons. The summed E-state index contributed by atoms with van der Waals surface area (Å²) in [5.74, 6) is 1.87. The third-order valence-corrected chi connectivity index (χ3v) is 5.16. The molecule has 3 aliphatic rings. The monoisotopic (exact) mass is 309 g/mol. The van der Waals surface area contributed by atoms with Crippen molar-refractivity contribution in [2.24, 2.45) is 16.3 Å². The van der Waals surface area contributed by atoms with Gasteiger partial charge in [0, 0.05) is 45.3 Å². The lowest BCUT2D eigenvalue weighted by Crippen LogP contribution is -2.53. The van der Waals surface area contributed by atoms with Gasteiger partial charge in [-0.2, -0.15) is 0 Å². The van der Waals surface area contributed by atoms with Crippen LogP contribution < -0.4 is 5.32 Å². The number of ether oxygens (including phenoxy) is 2. The normalized spacial score (nSPS) is 29.9. The number of likely N-dealkylation sites (tertiary alicyclic amines) is 1. The maximum Gasteiger partial charge on any atom is 0.193 e. The summed E-state index contributed by atoms with van der Waals surface area (Å²) in [7, 11) is 1.88. The molecule has 0 aromatic carbocycles. The quantitative estimate of drug-likeness (QED) is 0.478. The molecule has 3 fully saturated rings. The van der Waals surface area contributed by atoms with E-state index in [0.29, 0.717) is 5.41 Å². The Labute approximate surface area is 134 Å². The molecule has 5 heteroatoms. The van der Waals surface area contributed by atoms with Crippen molar-refractivity contribution in [1.82, 2.24) is 10.2 Å². The average molecular weight is 309 g/mol. The standard InChI is InChI=1S/C17H31N3O2/c1-18-16(19-8-11-21-12-15-4-5-15)20-9-2-6-17(13-20)7-3-10-22-14-17/h15H,2-14H2,1H3,(H,18,19). The number of hydrogen-bond donors (Lipinski definition) is 1. The zero-order valence-electron chi connectivity index (χ0n) is 14.0. The molecule has 5 nitrogen and oxygen atoms in total. The van der Waals surface area contributed by atoms with Gasteiger partial charge in [0.15, 0.2) is 5.96 Å². The Bertz CT molecular complexity index is 371. The molecule has 1 atom stereocenters. The summed E-state index contributed by atoms with van der Waals surface area (Å²) in [6.45, 7) is 6.60. The first kappa shape index (κ1) is 16.1. The summed E-state index contributed by atoms with van der Waals surface area (Å²) in [4.78, 5) is 6.89. The zero-order chi connectivity index (χ0) is 15.3. The number of hydrogen-bond acceptors (Lipinski definition) is 3. The van der Waals surface area contributed by atoms with Gasteiger partial charge in [0.25, 0.3) is 0 Å². The fourth-order valence-corrected chi connectivity index (χ4v) is 3.72. The van der Waals surface area contributed by atoms with Crippen molar-refractivity contribution in [3.63, 3.8) is 0 Å². The molecular formula is C17H31N3O2. The molecule has 1 aliphatic carbocycles. The first-order valence-electron chi connectivity index (χ1n) is 8.92. The molecule has 3 rings (SSSR count). The Morgan fingerprint density at radius 3 is 2.95 bits per heavy atom. The second kappa shape index (κ2) is 7.64. The zero-order valence-corrected chi connectivity index (χ0v) is 14.0. The highest BCUT2D eigenvalue weighted by Crippen LogP contribution is 2.37. The van der Waals surface area contributed by atoms with E-state index in [-0.39, 0.29) is 0 Å². The Kier molecular flexibility index (Phi) is 5.58. The minimum absolute atomic E-state index is 0.358. The molecule has 0 aromatic heterocycles. The molecule has 0 amide bonds. The lowest BCUT2D eigenvalue weighted by molar-refractivity contribution is -0.0370. The van der Waals surface area contributed by atoms with Crippen LogP contribution in [0.15, 0.2) is 4.99 Å². The van der Waals surface area contributed by atoms with Crippen molar-refractivity contribution in [3.8, 4) is 0 Å². The molecule has 0 aromatic rings. The van der Waals surface area contributed by atoms with E-state index >= 15 is 0 Å². The van der Waals surface area contributed by atoms with E-state index in [9.17, 15) is 0 Å². The van der Waals surface area contributed by atoms with Gasteiger partial charge in [0.2, 0.25) is 0 Å². The van der Waals surface area contributed by atoms with Crippen LogP contribution in [-0.2, 0) is 9.47 Å². The largest absolute Gasteiger partial charge is 0.381 e. The molecule has 22 heavy (non-hydrogen) atoms. The minimum atomic E-state index is 0.358. The van der Waals surface area contributed by atoms with Crippen LogP contribution in [0.2, 0.25) is 0 Å². The molecule has 2 heterocycles. The van der Waals surface area contributed by atoms with Crippen molar-refractivity contribution in [3.05, 3.63) is 0 Å². The third kappa shape index (κ3) is 4.35. The van der Waals surface area contributed by atoms with E-state index in [1.165, 1.54) is 38.5 Å². The lowest BCUT2D eigenvalue weighted by atomic mass is 9.76. The van der Waals surface area contributed by atoms with E-state index in [1.807, 2.05) is 7.05 Å². The number of guanidine groups is 1. The SMILES string of the molecule is CN=C(NCCOCC1CC1)N1CCCC2(CCCOC2)C1. The second-order valence-electron chi connectivity index (χ2n) is 7.17. The van der Waals surface area contributed by atoms with E-state index < -0.39 is 0 Å². The highest BCUT2D eigenvalue weighted by molar-refractivity contribution is 5.80. The lowest BCUT2D eigenvalue weighted by Gasteiger charge is -2.45. The molecule has 1 unspecified atom stereocenters. The van der Waals surface area contributed by atoms with Crippen LogP contribution in [0, 0.1) is 11.3 Å². The molecular weight excluding hydrogens is 278 g/mol. The number of aliphatic imine (C=N–C) groups is 1. The van der Waals surface area contributed by atoms with Crippen molar-refractivity contribution in [1.29, 1.82) is 0 Å². The minimum Gasteiger partial charge on any atom is -0.381 e. The predicted molar refractivity (Wildman–Crippen MR) is 88.2 cm³/mol. The summed E-state index contributed by atoms with van der Waals surface area (Å²) in [5.41, 5.74) is 0.358. The molecule has 126 valence electrons. The number of nitrogens with zero attached hydrogens (tertiary/aromatic N) is 2. The van der Waals surface area contributed by atoms with Crippen molar-refractivity contribution < 1.29 is 9.47 Å². The Morgan fingerprint density at radius 2 is 2.23 bits per heavy atom. The predicted octanol–water partition coefficient (Wildman–Crippen LogP) is 1.88. The van der Waals surface area contributed by atoms with Crippen LogP contribution in [0.25, 0.3) is 0 Å². The highest BCUT2D eigenvalue weighted by Gasteiger charge is 2.38. The first-order valence-corrected chi connectivity index (χ1v) is 8.92. The fourth-order valence-electron chi connectivity index (χ4n) is 3.72. The summed E-state index contributed by atoms with van der Waals surface area (Å²) in [5, 5.41) is 3.47. The first-order chi connectivity index (χ1) is 10.8. The smallest absolute Gasteiger partial charge is 0.193 e. The van der Waals surface area contributed by atoms with Gasteiger partial charge in [-0.3, -0.25) is 4.99 Å². The maximum atomic E-state index is 5.76.